The van der Waals surface area contributed by atoms with E-state index in [1.165, 1.54) is 56.9 Å². The maximum absolute atomic E-state index is 11.9. The van der Waals surface area contributed by atoms with Crippen LogP contribution >= 0.6 is 0 Å². The number of hydrogen-bond acceptors (Lipinski definition) is 3. The Morgan fingerprint density at radius 2 is 1.75 bits per heavy atom. The van der Waals surface area contributed by atoms with E-state index in [-0.39, 0.29) is 5.79 Å². The first-order valence-electron chi connectivity index (χ1n) is 12.0. The molecule has 5 aliphatic rings. The van der Waals surface area contributed by atoms with E-state index in [1.54, 1.807) is 0 Å². The maximum atomic E-state index is 11.9. The topological polar surface area (TPSA) is 35.5 Å². The van der Waals surface area contributed by atoms with Crippen molar-refractivity contribution in [3.8, 4) is 0 Å². The summed E-state index contributed by atoms with van der Waals surface area (Å²) in [6.45, 7) is 2.54. The van der Waals surface area contributed by atoms with Crippen LogP contribution in [0, 0.1) is 29.1 Å². The average molecular weight is 387 g/mol. The second kappa shape index (κ2) is 7.23. The molecule has 4 saturated carbocycles. The average Bonchev–Trinajstić information content (AvgIpc) is 3.04. The molecule has 28 heavy (non-hydrogen) atoms. The van der Waals surface area contributed by atoms with E-state index in [4.69, 9.17) is 9.47 Å². The van der Waals surface area contributed by atoms with Crippen molar-refractivity contribution in [2.24, 2.45) is 29.1 Å². The van der Waals surface area contributed by atoms with Gasteiger partial charge in [-0.15, -0.1) is 0 Å². The highest BCUT2D eigenvalue weighted by molar-refractivity contribution is 5.91. The Labute approximate surface area is 170 Å². The molecule has 0 radical (unpaired) electrons. The monoisotopic (exact) mass is 386 g/mol. The van der Waals surface area contributed by atoms with Crippen molar-refractivity contribution < 1.29 is 14.3 Å². The molecule has 6 atom stereocenters. The molecule has 0 amide bonds. The Bertz CT molecular complexity index is 646. The molecule has 0 unspecified atom stereocenters. The summed E-state index contributed by atoms with van der Waals surface area (Å²) in [7, 11) is 1.86. The fourth-order valence-electron chi connectivity index (χ4n) is 8.05. The van der Waals surface area contributed by atoms with Gasteiger partial charge in [-0.05, 0) is 93.0 Å². The summed E-state index contributed by atoms with van der Waals surface area (Å²) in [6.07, 6.45) is 17.8. The number of carbonyl (C=O) groups is 1. The van der Waals surface area contributed by atoms with Crippen LogP contribution in [0.2, 0.25) is 0 Å². The van der Waals surface area contributed by atoms with Gasteiger partial charge in [-0.3, -0.25) is 4.79 Å². The first-order chi connectivity index (χ1) is 13.5. The summed E-state index contributed by atoms with van der Waals surface area (Å²) in [5, 5.41) is 0. The van der Waals surface area contributed by atoms with Crippen LogP contribution in [0.5, 0.6) is 0 Å². The van der Waals surface area contributed by atoms with Crippen LogP contribution in [0.4, 0.5) is 0 Å². The van der Waals surface area contributed by atoms with Gasteiger partial charge < -0.3 is 9.47 Å². The number of carbonyl (C=O) groups excluding carboxylic acids is 1. The van der Waals surface area contributed by atoms with E-state index in [2.05, 4.69) is 6.92 Å². The van der Waals surface area contributed by atoms with E-state index >= 15 is 0 Å². The highest BCUT2D eigenvalue weighted by Crippen LogP contribution is 2.63. The predicted molar refractivity (Wildman–Crippen MR) is 110 cm³/mol. The third-order valence-electron chi connectivity index (χ3n) is 9.56. The van der Waals surface area contributed by atoms with Crippen LogP contribution in [-0.4, -0.2) is 24.8 Å². The zero-order valence-electron chi connectivity index (χ0n) is 17.9. The summed E-state index contributed by atoms with van der Waals surface area (Å²) < 4.78 is 12.9. The van der Waals surface area contributed by atoms with Crippen LogP contribution in [0.25, 0.3) is 0 Å². The lowest BCUT2D eigenvalue weighted by molar-refractivity contribution is -0.279. The molecule has 0 saturated heterocycles. The molecule has 5 rings (SSSR count). The summed E-state index contributed by atoms with van der Waals surface area (Å²) in [4.78, 5) is 11.9. The molecule has 0 spiro atoms. The normalized spacial score (nSPS) is 45.0. The SMILES string of the molecule is COC1(O[C@@H]2CC[C@@H]3[C@@H]4CCC5=CC(=O)CC[C@@H]5[C@@H]4CC[C@@]32C)CCCCC1. The van der Waals surface area contributed by atoms with Crippen molar-refractivity contribution in [2.75, 3.05) is 7.11 Å². The number of methoxy groups -OCH3 is 1. The van der Waals surface area contributed by atoms with Gasteiger partial charge in [0, 0.05) is 26.4 Å². The smallest absolute Gasteiger partial charge is 0.168 e. The van der Waals surface area contributed by atoms with E-state index < -0.39 is 0 Å². The van der Waals surface area contributed by atoms with Crippen molar-refractivity contribution in [2.45, 2.75) is 102 Å². The van der Waals surface area contributed by atoms with Gasteiger partial charge in [0.1, 0.15) is 0 Å². The summed E-state index contributed by atoms with van der Waals surface area (Å²) >= 11 is 0. The van der Waals surface area contributed by atoms with Gasteiger partial charge >= 0.3 is 0 Å². The number of allylic oxidation sites excluding steroid dienone is 1. The Kier molecular flexibility index (Phi) is 4.99. The fraction of sp³-hybridized carbons (Fsp3) is 0.880. The standard InChI is InChI=1S/C25H38O3/c1-24-15-12-20-19-9-7-18(26)16-17(19)6-8-21(20)22(24)10-11-23(24)28-25(27-2)13-4-3-5-14-25/h16,19-23H,3-15H2,1-2H3/t19-,20-,21+,22+,23+,24-/m0/s1. The largest absolute Gasteiger partial charge is 0.353 e. The van der Waals surface area contributed by atoms with Gasteiger partial charge in [0.15, 0.2) is 11.6 Å². The predicted octanol–water partition coefficient (Wildman–Crippen LogP) is 5.82. The van der Waals surface area contributed by atoms with Gasteiger partial charge in [0.25, 0.3) is 0 Å². The molecule has 5 aliphatic carbocycles. The van der Waals surface area contributed by atoms with Crippen LogP contribution < -0.4 is 0 Å². The van der Waals surface area contributed by atoms with Crippen molar-refractivity contribution in [3.05, 3.63) is 11.6 Å². The fourth-order valence-corrected chi connectivity index (χ4v) is 8.05. The number of rotatable bonds is 3. The zero-order valence-corrected chi connectivity index (χ0v) is 17.9. The van der Waals surface area contributed by atoms with Gasteiger partial charge in [-0.1, -0.05) is 18.9 Å². The zero-order chi connectivity index (χ0) is 19.4. The van der Waals surface area contributed by atoms with Crippen molar-refractivity contribution in [3.63, 3.8) is 0 Å². The number of ether oxygens (including phenoxy) is 2. The number of hydrogen-bond donors (Lipinski definition) is 0. The molecule has 3 heteroatoms. The van der Waals surface area contributed by atoms with Crippen molar-refractivity contribution in [1.29, 1.82) is 0 Å². The highest BCUT2D eigenvalue weighted by Gasteiger charge is 2.58. The minimum atomic E-state index is -0.316. The Morgan fingerprint density at radius 1 is 0.929 bits per heavy atom. The lowest BCUT2D eigenvalue weighted by Crippen LogP contribution is -2.50. The van der Waals surface area contributed by atoms with E-state index in [9.17, 15) is 4.79 Å². The van der Waals surface area contributed by atoms with Crippen LogP contribution in [0.3, 0.4) is 0 Å². The number of ketones is 1. The summed E-state index contributed by atoms with van der Waals surface area (Å²) in [6, 6.07) is 0. The van der Waals surface area contributed by atoms with E-state index in [0.29, 0.717) is 23.2 Å². The third-order valence-corrected chi connectivity index (χ3v) is 9.56. The van der Waals surface area contributed by atoms with Gasteiger partial charge in [-0.25, -0.2) is 0 Å². The Balaban J connectivity index is 1.34. The molecule has 0 aromatic heterocycles. The molecule has 0 heterocycles. The first-order valence-corrected chi connectivity index (χ1v) is 12.0. The highest BCUT2D eigenvalue weighted by atomic mass is 16.7. The molecule has 3 nitrogen and oxygen atoms in total. The minimum absolute atomic E-state index is 0.315. The van der Waals surface area contributed by atoms with Crippen LogP contribution in [-0.2, 0) is 14.3 Å². The molecule has 156 valence electrons. The van der Waals surface area contributed by atoms with E-state index in [1.807, 2.05) is 13.2 Å². The molecule has 0 aromatic carbocycles. The summed E-state index contributed by atoms with van der Waals surface area (Å²) in [5.41, 5.74) is 1.81. The molecule has 4 fully saturated rings. The van der Waals surface area contributed by atoms with Crippen molar-refractivity contribution in [1.82, 2.24) is 0 Å². The molecular formula is C25H38O3. The molecule has 0 bridgehead atoms. The molecular weight excluding hydrogens is 348 g/mol. The third kappa shape index (κ3) is 3.03. The van der Waals surface area contributed by atoms with Crippen molar-refractivity contribution >= 4 is 5.78 Å². The molecule has 0 aromatic rings. The van der Waals surface area contributed by atoms with Crippen LogP contribution in [0.15, 0.2) is 11.6 Å². The summed E-state index contributed by atoms with van der Waals surface area (Å²) in [5.74, 6) is 3.21. The molecule has 0 aliphatic heterocycles. The Morgan fingerprint density at radius 3 is 2.54 bits per heavy atom. The Hall–Kier alpha value is -0.670. The molecule has 0 N–H and O–H groups in total. The number of fused-ring (bicyclic) bond motifs is 5. The lowest BCUT2D eigenvalue weighted by Gasteiger charge is -2.54. The van der Waals surface area contributed by atoms with Crippen LogP contribution in [0.1, 0.15) is 90.4 Å². The van der Waals surface area contributed by atoms with Gasteiger partial charge in [0.2, 0.25) is 0 Å². The second-order valence-corrected chi connectivity index (χ2v) is 10.7. The lowest BCUT2D eigenvalue weighted by atomic mass is 9.52. The maximum Gasteiger partial charge on any atom is 0.168 e. The first kappa shape index (κ1) is 19.3. The second-order valence-electron chi connectivity index (χ2n) is 10.7. The van der Waals surface area contributed by atoms with Gasteiger partial charge in [0.05, 0.1) is 6.10 Å². The van der Waals surface area contributed by atoms with Gasteiger partial charge in [-0.2, -0.15) is 0 Å². The quantitative estimate of drug-likeness (QED) is 0.573. The minimum Gasteiger partial charge on any atom is -0.353 e. The van der Waals surface area contributed by atoms with E-state index in [0.717, 1.165) is 49.9 Å².